The lowest BCUT2D eigenvalue weighted by molar-refractivity contribution is 0.0951. The van der Waals surface area contributed by atoms with Crippen molar-refractivity contribution in [1.82, 2.24) is 15.1 Å². The summed E-state index contributed by atoms with van der Waals surface area (Å²) in [5, 5.41) is 8.32. The van der Waals surface area contributed by atoms with Gasteiger partial charge in [-0.1, -0.05) is 41.4 Å². The molecule has 1 N–H and O–H groups in total. The Balaban J connectivity index is 1.81. The molecule has 128 valence electrons. The first-order valence-electron chi connectivity index (χ1n) is 7.81. The normalized spacial score (nSPS) is 10.7. The molecule has 0 bridgehead atoms. The summed E-state index contributed by atoms with van der Waals surface area (Å²) >= 11 is 12.0. The molecule has 0 aliphatic carbocycles. The first kappa shape index (κ1) is 17.5. The minimum absolute atomic E-state index is 0.265. The number of rotatable bonds is 4. The van der Waals surface area contributed by atoms with Gasteiger partial charge in [-0.05, 0) is 44.2 Å². The number of hydrogen-bond donors (Lipinski definition) is 1. The first-order chi connectivity index (χ1) is 12.0. The molecule has 1 aromatic heterocycles. The lowest BCUT2D eigenvalue weighted by atomic mass is 10.1. The summed E-state index contributed by atoms with van der Waals surface area (Å²) in [5.41, 5.74) is 4.19. The maximum absolute atomic E-state index is 12.4. The Morgan fingerprint density at radius 1 is 1.12 bits per heavy atom. The molecule has 6 heteroatoms. The van der Waals surface area contributed by atoms with E-state index in [0.717, 1.165) is 22.6 Å². The van der Waals surface area contributed by atoms with Gasteiger partial charge in [0, 0.05) is 22.8 Å². The Kier molecular flexibility index (Phi) is 5.11. The molecule has 0 aliphatic heterocycles. The highest BCUT2D eigenvalue weighted by Gasteiger charge is 2.15. The average molecular weight is 374 g/mol. The molecule has 0 atom stereocenters. The third-order valence-corrected chi connectivity index (χ3v) is 4.61. The molecule has 25 heavy (non-hydrogen) atoms. The molecule has 3 rings (SSSR count). The van der Waals surface area contributed by atoms with Gasteiger partial charge in [-0.25, -0.2) is 4.68 Å². The predicted molar refractivity (Wildman–Crippen MR) is 101 cm³/mol. The number of amides is 1. The van der Waals surface area contributed by atoms with E-state index >= 15 is 0 Å². The largest absolute Gasteiger partial charge is 0.348 e. The fourth-order valence-corrected chi connectivity index (χ4v) is 3.06. The van der Waals surface area contributed by atoms with Crippen molar-refractivity contribution in [2.45, 2.75) is 20.4 Å². The Morgan fingerprint density at radius 3 is 2.56 bits per heavy atom. The van der Waals surface area contributed by atoms with Gasteiger partial charge in [0.2, 0.25) is 0 Å². The SMILES string of the molecule is Cc1nn(-c2ccccc2)c(C)c1CNC(=O)c1cc(Cl)ccc1Cl. The van der Waals surface area contributed by atoms with Crippen molar-refractivity contribution in [2.75, 3.05) is 0 Å². The molecule has 0 saturated carbocycles. The van der Waals surface area contributed by atoms with Crippen LogP contribution in [0.3, 0.4) is 0 Å². The summed E-state index contributed by atoms with van der Waals surface area (Å²) in [6.45, 7) is 4.29. The second-order valence-electron chi connectivity index (χ2n) is 5.70. The molecular formula is C19H17Cl2N3O. The molecule has 0 spiro atoms. The van der Waals surface area contributed by atoms with Crippen LogP contribution in [0.1, 0.15) is 27.3 Å². The second-order valence-corrected chi connectivity index (χ2v) is 6.55. The molecule has 0 fully saturated rings. The van der Waals surface area contributed by atoms with Gasteiger partial charge >= 0.3 is 0 Å². The number of carbonyl (C=O) groups is 1. The summed E-state index contributed by atoms with van der Waals surface area (Å²) in [6, 6.07) is 14.7. The van der Waals surface area contributed by atoms with Gasteiger partial charge in [0.25, 0.3) is 5.91 Å². The lowest BCUT2D eigenvalue weighted by Gasteiger charge is -2.08. The first-order valence-corrected chi connectivity index (χ1v) is 8.56. The van der Waals surface area contributed by atoms with Crippen molar-refractivity contribution in [1.29, 1.82) is 0 Å². The zero-order valence-electron chi connectivity index (χ0n) is 13.9. The summed E-state index contributed by atoms with van der Waals surface area (Å²) < 4.78 is 1.88. The Bertz CT molecular complexity index is 920. The zero-order valence-corrected chi connectivity index (χ0v) is 15.4. The molecule has 4 nitrogen and oxygen atoms in total. The Hall–Kier alpha value is -2.30. The number of halogens is 2. The van der Waals surface area contributed by atoms with Crippen LogP contribution in [-0.2, 0) is 6.54 Å². The minimum Gasteiger partial charge on any atom is -0.348 e. The number of nitrogens with zero attached hydrogens (tertiary/aromatic N) is 2. The summed E-state index contributed by atoms with van der Waals surface area (Å²) in [7, 11) is 0. The number of aromatic nitrogens is 2. The topological polar surface area (TPSA) is 46.9 Å². The van der Waals surface area contributed by atoms with Crippen LogP contribution in [0.4, 0.5) is 0 Å². The smallest absolute Gasteiger partial charge is 0.253 e. The predicted octanol–water partition coefficient (Wildman–Crippen LogP) is 4.73. The van der Waals surface area contributed by atoms with E-state index in [9.17, 15) is 4.79 Å². The maximum atomic E-state index is 12.4. The number of para-hydroxylation sites is 1. The van der Waals surface area contributed by atoms with E-state index in [1.165, 1.54) is 0 Å². The van der Waals surface area contributed by atoms with Crippen molar-refractivity contribution in [2.24, 2.45) is 0 Å². The molecule has 0 aliphatic rings. The molecule has 1 heterocycles. The van der Waals surface area contributed by atoms with Crippen molar-refractivity contribution in [3.63, 3.8) is 0 Å². The molecule has 2 aromatic carbocycles. The van der Waals surface area contributed by atoms with Crippen LogP contribution >= 0.6 is 23.2 Å². The quantitative estimate of drug-likeness (QED) is 0.718. The van der Waals surface area contributed by atoms with E-state index in [-0.39, 0.29) is 5.91 Å². The Morgan fingerprint density at radius 2 is 1.84 bits per heavy atom. The number of hydrogen-bond acceptors (Lipinski definition) is 2. The second kappa shape index (κ2) is 7.30. The maximum Gasteiger partial charge on any atom is 0.253 e. The van der Waals surface area contributed by atoms with Crippen LogP contribution in [0, 0.1) is 13.8 Å². The summed E-state index contributed by atoms with van der Waals surface area (Å²) in [5.74, 6) is -0.265. The van der Waals surface area contributed by atoms with Gasteiger partial charge < -0.3 is 5.32 Å². The van der Waals surface area contributed by atoms with Crippen LogP contribution in [0.15, 0.2) is 48.5 Å². The van der Waals surface area contributed by atoms with E-state index in [1.807, 2.05) is 48.9 Å². The fourth-order valence-electron chi connectivity index (χ4n) is 2.69. The molecule has 0 saturated heterocycles. The van der Waals surface area contributed by atoms with Gasteiger partial charge in [0.1, 0.15) is 0 Å². The minimum atomic E-state index is -0.265. The van der Waals surface area contributed by atoms with E-state index < -0.39 is 0 Å². The van der Waals surface area contributed by atoms with Crippen molar-refractivity contribution in [3.8, 4) is 5.69 Å². The van der Waals surface area contributed by atoms with Gasteiger partial charge in [-0.3, -0.25) is 4.79 Å². The van der Waals surface area contributed by atoms with Crippen LogP contribution in [0.25, 0.3) is 5.69 Å². The number of carbonyl (C=O) groups excluding carboxylic acids is 1. The summed E-state index contributed by atoms with van der Waals surface area (Å²) in [6.07, 6.45) is 0. The monoisotopic (exact) mass is 373 g/mol. The van der Waals surface area contributed by atoms with Gasteiger partial charge in [0.05, 0.1) is 22.0 Å². The lowest BCUT2D eigenvalue weighted by Crippen LogP contribution is -2.23. The number of benzene rings is 2. The molecule has 0 radical (unpaired) electrons. The van der Waals surface area contributed by atoms with Crippen LogP contribution < -0.4 is 5.32 Å². The van der Waals surface area contributed by atoms with E-state index in [2.05, 4.69) is 10.4 Å². The van der Waals surface area contributed by atoms with Crippen LogP contribution in [-0.4, -0.2) is 15.7 Å². The summed E-state index contributed by atoms with van der Waals surface area (Å²) in [4.78, 5) is 12.4. The number of nitrogens with one attached hydrogen (secondary N) is 1. The highest BCUT2D eigenvalue weighted by molar-refractivity contribution is 6.35. The van der Waals surface area contributed by atoms with E-state index in [0.29, 0.717) is 22.2 Å². The number of aryl methyl sites for hydroxylation is 1. The standard InChI is InChI=1S/C19H17Cl2N3O/c1-12-17(13(2)24(23-12)15-6-4-3-5-7-15)11-22-19(25)16-10-14(20)8-9-18(16)21/h3-10H,11H2,1-2H3,(H,22,25). The van der Waals surface area contributed by atoms with Crippen molar-refractivity contribution >= 4 is 29.1 Å². The average Bonchev–Trinajstić information content (AvgIpc) is 2.90. The zero-order chi connectivity index (χ0) is 18.0. The van der Waals surface area contributed by atoms with Crippen molar-refractivity contribution in [3.05, 3.63) is 81.1 Å². The molecule has 3 aromatic rings. The van der Waals surface area contributed by atoms with Gasteiger partial charge in [-0.15, -0.1) is 0 Å². The molecule has 0 unspecified atom stereocenters. The Labute approximate surface area is 156 Å². The third kappa shape index (κ3) is 3.70. The van der Waals surface area contributed by atoms with Crippen LogP contribution in [0.2, 0.25) is 10.0 Å². The van der Waals surface area contributed by atoms with Crippen LogP contribution in [0.5, 0.6) is 0 Å². The highest BCUT2D eigenvalue weighted by Crippen LogP contribution is 2.21. The van der Waals surface area contributed by atoms with Gasteiger partial charge in [-0.2, -0.15) is 5.10 Å². The molecular weight excluding hydrogens is 357 g/mol. The third-order valence-electron chi connectivity index (χ3n) is 4.04. The van der Waals surface area contributed by atoms with E-state index in [1.54, 1.807) is 18.2 Å². The fraction of sp³-hybridized carbons (Fsp3) is 0.158. The van der Waals surface area contributed by atoms with E-state index in [4.69, 9.17) is 23.2 Å². The molecule has 1 amide bonds. The van der Waals surface area contributed by atoms with Crippen molar-refractivity contribution < 1.29 is 4.79 Å². The highest BCUT2D eigenvalue weighted by atomic mass is 35.5. The van der Waals surface area contributed by atoms with Gasteiger partial charge in [0.15, 0.2) is 0 Å².